The molecule has 6 nitrogen and oxygen atoms in total. The van der Waals surface area contributed by atoms with E-state index in [1.165, 1.54) is 6.07 Å². The van der Waals surface area contributed by atoms with Crippen molar-refractivity contribution in [3.63, 3.8) is 0 Å². The molecule has 0 saturated carbocycles. The van der Waals surface area contributed by atoms with E-state index < -0.39 is 17.5 Å². The third kappa shape index (κ3) is 3.21. The fraction of sp³-hybridized carbons (Fsp3) is 0.579. The van der Waals surface area contributed by atoms with Crippen LogP contribution in [0.15, 0.2) is 18.2 Å². The summed E-state index contributed by atoms with van der Waals surface area (Å²) >= 11 is 0. The number of likely N-dealkylation sites (N-methyl/N-ethyl adjacent to an activating group) is 1. The van der Waals surface area contributed by atoms with Crippen molar-refractivity contribution in [2.24, 2.45) is 11.8 Å². The average Bonchev–Trinajstić information content (AvgIpc) is 3.29. The summed E-state index contributed by atoms with van der Waals surface area (Å²) in [6.07, 6.45) is 2.01. The average molecular weight is 379 g/mol. The minimum Gasteiger partial charge on any atom is -0.370 e. The molecule has 0 radical (unpaired) electrons. The topological polar surface area (TPSA) is 70.7 Å². The van der Waals surface area contributed by atoms with Crippen molar-refractivity contribution in [3.8, 4) is 0 Å². The summed E-state index contributed by atoms with van der Waals surface area (Å²) in [4.78, 5) is 26.1. The molecule has 1 aromatic carbocycles. The lowest BCUT2D eigenvalue weighted by Crippen LogP contribution is -2.41. The number of likely N-dealkylation sites (tertiary alicyclic amines) is 1. The van der Waals surface area contributed by atoms with E-state index in [1.807, 2.05) is 0 Å². The van der Waals surface area contributed by atoms with Gasteiger partial charge in [-0.05, 0) is 31.0 Å². The number of fused-ring (bicyclic) bond motifs is 1. The molecule has 4 rings (SSSR count). The van der Waals surface area contributed by atoms with Crippen molar-refractivity contribution < 1.29 is 23.1 Å². The first kappa shape index (κ1) is 18.3. The molecule has 146 valence electrons. The number of carbonyl (C=O) groups excluding carboxylic acids is 2. The summed E-state index contributed by atoms with van der Waals surface area (Å²) in [5.74, 6) is -2.05. The van der Waals surface area contributed by atoms with E-state index in [0.29, 0.717) is 13.1 Å². The predicted molar refractivity (Wildman–Crippen MR) is 93.0 cm³/mol. The molecule has 4 atom stereocenters. The standard InChI is InChI=1S/C19H23F2N3O3/c1-22-17(25)9-24-8-13-12(16-4-5-19(13,10-24)27-16)7-23-18(26)11-2-3-14(20)15(21)6-11/h2-3,6,12-13,16H,4-5,7-10H2,1H3,(H,22,25)(H,23,26)/t12-,13+,16+,19+/m0/s1. The minimum atomic E-state index is -1.04. The van der Waals surface area contributed by atoms with Crippen molar-refractivity contribution in [1.29, 1.82) is 0 Å². The zero-order valence-electron chi connectivity index (χ0n) is 15.1. The first-order valence-electron chi connectivity index (χ1n) is 9.26. The van der Waals surface area contributed by atoms with Gasteiger partial charge in [-0.15, -0.1) is 0 Å². The molecular weight excluding hydrogens is 356 g/mol. The van der Waals surface area contributed by atoms with E-state index in [1.54, 1.807) is 7.05 Å². The third-order valence-electron chi connectivity index (χ3n) is 6.18. The molecule has 2 bridgehead atoms. The van der Waals surface area contributed by atoms with Gasteiger partial charge in [-0.25, -0.2) is 8.78 Å². The normalized spacial score (nSPS) is 31.7. The monoisotopic (exact) mass is 379 g/mol. The predicted octanol–water partition coefficient (Wildman–Crippen LogP) is 0.920. The van der Waals surface area contributed by atoms with Crippen molar-refractivity contribution in [2.75, 3.05) is 33.2 Å². The maximum absolute atomic E-state index is 13.3. The number of nitrogens with zero attached hydrogens (tertiary/aromatic N) is 1. The fourth-order valence-electron chi connectivity index (χ4n) is 4.91. The van der Waals surface area contributed by atoms with Crippen molar-refractivity contribution in [2.45, 2.75) is 24.5 Å². The van der Waals surface area contributed by atoms with Gasteiger partial charge in [-0.1, -0.05) is 0 Å². The highest BCUT2D eigenvalue weighted by atomic mass is 19.2. The summed E-state index contributed by atoms with van der Waals surface area (Å²) in [5.41, 5.74) is -0.129. The lowest BCUT2D eigenvalue weighted by Gasteiger charge is -2.29. The van der Waals surface area contributed by atoms with Crippen LogP contribution in [0.3, 0.4) is 0 Å². The number of rotatable bonds is 5. The highest BCUT2D eigenvalue weighted by molar-refractivity contribution is 5.94. The van der Waals surface area contributed by atoms with Gasteiger partial charge in [0.1, 0.15) is 0 Å². The molecule has 3 aliphatic rings. The largest absolute Gasteiger partial charge is 0.370 e. The minimum absolute atomic E-state index is 0.0240. The van der Waals surface area contributed by atoms with E-state index in [-0.39, 0.29) is 35.0 Å². The third-order valence-corrected chi connectivity index (χ3v) is 6.18. The van der Waals surface area contributed by atoms with Crippen LogP contribution in [0.25, 0.3) is 0 Å². The molecule has 0 aliphatic carbocycles. The highest BCUT2D eigenvalue weighted by Gasteiger charge is 2.62. The lowest BCUT2D eigenvalue weighted by atomic mass is 9.73. The first-order valence-corrected chi connectivity index (χ1v) is 9.26. The van der Waals surface area contributed by atoms with Gasteiger partial charge in [-0.3, -0.25) is 14.5 Å². The Kier molecular flexibility index (Phi) is 4.63. The van der Waals surface area contributed by atoms with Crippen molar-refractivity contribution in [3.05, 3.63) is 35.4 Å². The Morgan fingerprint density at radius 2 is 2.15 bits per heavy atom. The molecule has 3 aliphatic heterocycles. The molecule has 0 unspecified atom stereocenters. The molecule has 2 N–H and O–H groups in total. The highest BCUT2D eigenvalue weighted by Crippen LogP contribution is 2.54. The Morgan fingerprint density at radius 3 is 2.89 bits per heavy atom. The molecule has 3 heterocycles. The Morgan fingerprint density at radius 1 is 1.33 bits per heavy atom. The van der Waals surface area contributed by atoms with Crippen LogP contribution in [-0.4, -0.2) is 61.6 Å². The molecule has 27 heavy (non-hydrogen) atoms. The molecule has 3 saturated heterocycles. The van der Waals surface area contributed by atoms with Crippen LogP contribution in [0.5, 0.6) is 0 Å². The Hall–Kier alpha value is -2.06. The van der Waals surface area contributed by atoms with Crippen molar-refractivity contribution in [1.82, 2.24) is 15.5 Å². The fourth-order valence-corrected chi connectivity index (χ4v) is 4.91. The molecule has 0 aromatic heterocycles. The summed E-state index contributed by atoms with van der Waals surface area (Å²) < 4.78 is 32.7. The molecule has 3 fully saturated rings. The second kappa shape index (κ2) is 6.83. The maximum atomic E-state index is 13.3. The summed E-state index contributed by atoms with van der Waals surface area (Å²) in [5, 5.41) is 5.48. The Labute approximate surface area is 156 Å². The number of hydrogen-bond donors (Lipinski definition) is 2. The zero-order chi connectivity index (χ0) is 19.2. The molecule has 1 aromatic rings. The van der Waals surface area contributed by atoms with E-state index in [9.17, 15) is 18.4 Å². The number of halogens is 2. The molecular formula is C19H23F2N3O3. The molecule has 2 amide bonds. The quantitative estimate of drug-likeness (QED) is 0.798. The number of nitrogens with one attached hydrogen (secondary N) is 2. The van der Waals surface area contributed by atoms with E-state index in [0.717, 1.165) is 38.1 Å². The van der Waals surface area contributed by atoms with Gasteiger partial charge >= 0.3 is 0 Å². The molecule has 1 spiro atoms. The van der Waals surface area contributed by atoms with Gasteiger partial charge in [0.25, 0.3) is 5.91 Å². The van der Waals surface area contributed by atoms with Gasteiger partial charge in [0.2, 0.25) is 5.91 Å². The van der Waals surface area contributed by atoms with Crippen LogP contribution in [0.2, 0.25) is 0 Å². The van der Waals surface area contributed by atoms with Crippen LogP contribution in [0.4, 0.5) is 8.78 Å². The van der Waals surface area contributed by atoms with Crippen LogP contribution in [-0.2, 0) is 9.53 Å². The van der Waals surface area contributed by atoms with Gasteiger partial charge in [0.15, 0.2) is 11.6 Å². The van der Waals surface area contributed by atoms with Crippen LogP contribution in [0.1, 0.15) is 23.2 Å². The second-order valence-corrected chi connectivity index (χ2v) is 7.71. The summed E-state index contributed by atoms with van der Waals surface area (Å²) in [6, 6.07) is 3.13. The lowest BCUT2D eigenvalue weighted by molar-refractivity contribution is -0.121. The summed E-state index contributed by atoms with van der Waals surface area (Å²) in [7, 11) is 1.62. The van der Waals surface area contributed by atoms with Gasteiger partial charge < -0.3 is 15.4 Å². The van der Waals surface area contributed by atoms with Crippen LogP contribution in [0, 0.1) is 23.5 Å². The molecule has 8 heteroatoms. The first-order chi connectivity index (χ1) is 12.9. The van der Waals surface area contributed by atoms with E-state index >= 15 is 0 Å². The van der Waals surface area contributed by atoms with Crippen LogP contribution >= 0.6 is 0 Å². The van der Waals surface area contributed by atoms with E-state index in [4.69, 9.17) is 4.74 Å². The Balaban J connectivity index is 1.40. The number of ether oxygens (including phenoxy) is 1. The van der Waals surface area contributed by atoms with Crippen LogP contribution < -0.4 is 10.6 Å². The van der Waals surface area contributed by atoms with Gasteiger partial charge in [-0.2, -0.15) is 0 Å². The number of benzene rings is 1. The van der Waals surface area contributed by atoms with E-state index in [2.05, 4.69) is 15.5 Å². The second-order valence-electron chi connectivity index (χ2n) is 7.71. The smallest absolute Gasteiger partial charge is 0.251 e. The van der Waals surface area contributed by atoms with Gasteiger partial charge in [0.05, 0.1) is 18.2 Å². The number of carbonyl (C=O) groups is 2. The number of hydrogen-bond acceptors (Lipinski definition) is 4. The number of amides is 2. The summed E-state index contributed by atoms with van der Waals surface area (Å²) in [6.45, 7) is 2.25. The maximum Gasteiger partial charge on any atom is 0.251 e. The SMILES string of the molecule is CNC(=O)CN1C[C@@H]2[C@H](CNC(=O)c3ccc(F)c(F)c3)[C@H]3CC[C@]2(C1)O3. The zero-order valence-corrected chi connectivity index (χ0v) is 15.1. The Bertz CT molecular complexity index is 775. The van der Waals surface area contributed by atoms with Gasteiger partial charge in [0, 0.05) is 44.1 Å². The van der Waals surface area contributed by atoms with Crippen molar-refractivity contribution >= 4 is 11.8 Å².